The molecule has 2 heterocycles. The second-order valence-electron chi connectivity index (χ2n) is 8.44. The Morgan fingerprint density at radius 1 is 1.00 bits per heavy atom. The number of benzene rings is 2. The van der Waals surface area contributed by atoms with Crippen molar-refractivity contribution in [2.24, 2.45) is 0 Å². The Labute approximate surface area is 184 Å². The lowest BCUT2D eigenvalue weighted by Crippen LogP contribution is -2.35. The molecule has 2 amide bonds. The fourth-order valence-corrected chi connectivity index (χ4v) is 4.22. The van der Waals surface area contributed by atoms with Gasteiger partial charge in [0.25, 0.3) is 11.8 Å². The first-order chi connectivity index (χ1) is 15.1. The van der Waals surface area contributed by atoms with Gasteiger partial charge in [0.15, 0.2) is 0 Å². The summed E-state index contributed by atoms with van der Waals surface area (Å²) in [5.74, 6) is -0.307. The third-order valence-electron chi connectivity index (χ3n) is 6.02. The lowest BCUT2D eigenvalue weighted by molar-refractivity contribution is 0.0858. The highest BCUT2D eigenvalue weighted by molar-refractivity contribution is 6.06. The van der Waals surface area contributed by atoms with Gasteiger partial charge in [-0.05, 0) is 69.4 Å². The van der Waals surface area contributed by atoms with E-state index in [1.54, 1.807) is 6.07 Å². The average Bonchev–Trinajstić information content (AvgIpc) is 3.32. The predicted octanol–water partition coefficient (Wildman–Crippen LogP) is 4.15. The van der Waals surface area contributed by atoms with Crippen molar-refractivity contribution in [1.29, 1.82) is 0 Å². The molecule has 2 aliphatic heterocycles. The molecule has 6 nitrogen and oxygen atoms in total. The van der Waals surface area contributed by atoms with E-state index in [4.69, 9.17) is 4.74 Å². The first-order valence-electron chi connectivity index (χ1n) is 11.3. The molecule has 2 saturated heterocycles. The van der Waals surface area contributed by atoms with Gasteiger partial charge in [-0.1, -0.05) is 17.7 Å². The van der Waals surface area contributed by atoms with Gasteiger partial charge in [0, 0.05) is 43.2 Å². The Balaban J connectivity index is 1.53. The minimum absolute atomic E-state index is 0.0896. The fourth-order valence-electron chi connectivity index (χ4n) is 4.22. The van der Waals surface area contributed by atoms with Crippen LogP contribution in [0.3, 0.4) is 0 Å². The number of hydrogen-bond acceptors (Lipinski definition) is 4. The van der Waals surface area contributed by atoms with Gasteiger partial charge in [0.05, 0.1) is 11.7 Å². The van der Waals surface area contributed by atoms with E-state index in [2.05, 4.69) is 15.5 Å². The van der Waals surface area contributed by atoms with Crippen LogP contribution in [-0.4, -0.2) is 44.2 Å². The van der Waals surface area contributed by atoms with Crippen LogP contribution < -0.4 is 15.5 Å². The van der Waals surface area contributed by atoms with Crippen LogP contribution in [0.2, 0.25) is 0 Å². The van der Waals surface area contributed by atoms with E-state index in [9.17, 15) is 9.59 Å². The highest BCUT2D eigenvalue weighted by atomic mass is 16.5. The van der Waals surface area contributed by atoms with E-state index >= 15 is 0 Å². The minimum atomic E-state index is -0.184. The molecular weight excluding hydrogens is 390 g/mol. The summed E-state index contributed by atoms with van der Waals surface area (Å²) in [6.07, 6.45) is 5.59. The zero-order valence-electron chi connectivity index (χ0n) is 18.2. The molecule has 2 N–H and O–H groups in total. The van der Waals surface area contributed by atoms with Crippen molar-refractivity contribution in [2.75, 3.05) is 36.5 Å². The van der Waals surface area contributed by atoms with Gasteiger partial charge in [-0.3, -0.25) is 9.59 Å². The van der Waals surface area contributed by atoms with Crippen LogP contribution in [0.25, 0.3) is 0 Å². The molecule has 2 aliphatic rings. The van der Waals surface area contributed by atoms with Crippen molar-refractivity contribution in [3.8, 4) is 0 Å². The molecule has 31 heavy (non-hydrogen) atoms. The highest BCUT2D eigenvalue weighted by Gasteiger charge is 2.22. The number of ether oxygens (including phenoxy) is 1. The van der Waals surface area contributed by atoms with Gasteiger partial charge >= 0.3 is 0 Å². The van der Waals surface area contributed by atoms with Gasteiger partial charge in [-0.15, -0.1) is 0 Å². The summed E-state index contributed by atoms with van der Waals surface area (Å²) >= 11 is 0. The van der Waals surface area contributed by atoms with Crippen molar-refractivity contribution in [1.82, 2.24) is 5.32 Å². The lowest BCUT2D eigenvalue weighted by Gasteiger charge is -2.30. The zero-order valence-corrected chi connectivity index (χ0v) is 18.2. The number of hydrogen-bond donors (Lipinski definition) is 2. The van der Waals surface area contributed by atoms with E-state index in [0.29, 0.717) is 23.4 Å². The first kappa shape index (κ1) is 21.4. The molecule has 2 aromatic carbocycles. The Kier molecular flexibility index (Phi) is 6.87. The maximum atomic E-state index is 13.1. The van der Waals surface area contributed by atoms with Crippen molar-refractivity contribution in [2.45, 2.75) is 45.1 Å². The molecule has 0 aromatic heterocycles. The van der Waals surface area contributed by atoms with Gasteiger partial charge < -0.3 is 20.3 Å². The van der Waals surface area contributed by atoms with E-state index in [1.807, 2.05) is 43.3 Å². The Morgan fingerprint density at radius 3 is 2.48 bits per heavy atom. The zero-order chi connectivity index (χ0) is 21.6. The molecule has 0 radical (unpaired) electrons. The van der Waals surface area contributed by atoms with E-state index < -0.39 is 0 Å². The number of carbonyl (C=O) groups excluding carboxylic acids is 2. The van der Waals surface area contributed by atoms with E-state index in [1.165, 1.54) is 6.42 Å². The number of rotatable bonds is 6. The summed E-state index contributed by atoms with van der Waals surface area (Å²) in [6, 6.07) is 13.1. The molecule has 6 heteroatoms. The molecule has 1 unspecified atom stereocenters. The van der Waals surface area contributed by atoms with Crippen LogP contribution in [0.15, 0.2) is 42.5 Å². The Morgan fingerprint density at radius 2 is 1.77 bits per heavy atom. The number of amides is 2. The number of nitrogens with zero attached hydrogens (tertiary/aromatic N) is 1. The van der Waals surface area contributed by atoms with Crippen LogP contribution >= 0.6 is 0 Å². The average molecular weight is 422 g/mol. The monoisotopic (exact) mass is 421 g/mol. The predicted molar refractivity (Wildman–Crippen MR) is 123 cm³/mol. The minimum Gasteiger partial charge on any atom is -0.376 e. The second kappa shape index (κ2) is 9.96. The Hall–Kier alpha value is -2.86. The normalized spacial score (nSPS) is 18.6. The third-order valence-corrected chi connectivity index (χ3v) is 6.02. The molecule has 0 saturated carbocycles. The third kappa shape index (κ3) is 5.44. The Bertz CT molecular complexity index is 914. The summed E-state index contributed by atoms with van der Waals surface area (Å²) in [5, 5.41) is 5.97. The van der Waals surface area contributed by atoms with Crippen molar-refractivity contribution in [3.63, 3.8) is 0 Å². The first-order valence-corrected chi connectivity index (χ1v) is 11.3. The van der Waals surface area contributed by atoms with Gasteiger partial charge in [-0.2, -0.15) is 0 Å². The fraction of sp³-hybridized carbons (Fsp3) is 0.440. The maximum absolute atomic E-state index is 13.1. The van der Waals surface area contributed by atoms with Crippen molar-refractivity contribution < 1.29 is 14.3 Å². The van der Waals surface area contributed by atoms with Crippen molar-refractivity contribution >= 4 is 23.2 Å². The van der Waals surface area contributed by atoms with Gasteiger partial charge in [0.1, 0.15) is 0 Å². The van der Waals surface area contributed by atoms with Gasteiger partial charge in [-0.25, -0.2) is 0 Å². The van der Waals surface area contributed by atoms with E-state index in [-0.39, 0.29) is 17.9 Å². The highest BCUT2D eigenvalue weighted by Crippen LogP contribution is 2.28. The number of piperidine rings is 1. The molecule has 2 fully saturated rings. The van der Waals surface area contributed by atoms with Crippen LogP contribution in [0, 0.1) is 6.92 Å². The van der Waals surface area contributed by atoms with Crippen molar-refractivity contribution in [3.05, 3.63) is 59.2 Å². The quantitative estimate of drug-likeness (QED) is 0.735. The molecule has 4 rings (SSSR count). The maximum Gasteiger partial charge on any atom is 0.255 e. The number of anilines is 2. The largest absolute Gasteiger partial charge is 0.376 e. The molecule has 0 spiro atoms. The lowest BCUT2D eigenvalue weighted by atomic mass is 10.1. The summed E-state index contributed by atoms with van der Waals surface area (Å²) in [7, 11) is 0. The molecular formula is C25H31N3O3. The number of nitrogens with one attached hydrogen (secondary N) is 2. The molecule has 0 aliphatic carbocycles. The molecule has 164 valence electrons. The second-order valence-corrected chi connectivity index (χ2v) is 8.44. The van der Waals surface area contributed by atoms with Gasteiger partial charge in [0.2, 0.25) is 0 Å². The molecule has 0 bridgehead atoms. The van der Waals surface area contributed by atoms with E-state index in [0.717, 1.165) is 56.6 Å². The smallest absolute Gasteiger partial charge is 0.255 e. The number of aryl methyl sites for hydroxylation is 1. The van der Waals surface area contributed by atoms with Crippen LogP contribution in [0.5, 0.6) is 0 Å². The standard InChI is InChI=1S/C25H31N3O3/c1-18-7-9-19(10-8-18)24(29)27-20-11-12-23(28-13-3-2-4-14-28)22(16-20)25(30)26-17-21-6-5-15-31-21/h7-12,16,21H,2-6,13-15,17H2,1H3,(H,26,30)(H,27,29). The summed E-state index contributed by atoms with van der Waals surface area (Å²) in [6.45, 7) is 5.16. The summed E-state index contributed by atoms with van der Waals surface area (Å²) in [5.41, 5.74) is 3.84. The van der Waals surface area contributed by atoms with Crippen LogP contribution in [0.1, 0.15) is 58.4 Å². The summed E-state index contributed by atoms with van der Waals surface area (Å²) < 4.78 is 5.64. The summed E-state index contributed by atoms with van der Waals surface area (Å²) in [4.78, 5) is 28.0. The van der Waals surface area contributed by atoms with Crippen LogP contribution in [-0.2, 0) is 4.74 Å². The SMILES string of the molecule is Cc1ccc(C(=O)Nc2ccc(N3CCCCC3)c(C(=O)NCC3CCCO3)c2)cc1. The molecule has 2 aromatic rings. The number of carbonyl (C=O) groups is 2. The topological polar surface area (TPSA) is 70.7 Å². The van der Waals surface area contributed by atoms with Crippen LogP contribution in [0.4, 0.5) is 11.4 Å². The molecule has 1 atom stereocenters.